The molecule has 0 aromatic carbocycles. The summed E-state index contributed by atoms with van der Waals surface area (Å²) in [5.41, 5.74) is -0.810. The van der Waals surface area contributed by atoms with Crippen molar-refractivity contribution in [3.8, 4) is 0 Å². The fraction of sp³-hybridized carbons (Fsp3) is 0.778. The summed E-state index contributed by atoms with van der Waals surface area (Å²) in [6, 6.07) is 0. The highest BCUT2D eigenvalue weighted by Gasteiger charge is 2.33. The van der Waals surface area contributed by atoms with Crippen molar-refractivity contribution in [1.29, 1.82) is 0 Å². The fourth-order valence-corrected chi connectivity index (χ4v) is 3.97. The number of nitrogens with one attached hydrogen (secondary N) is 2. The zero-order valence-corrected chi connectivity index (χ0v) is 19.7. The van der Waals surface area contributed by atoms with Gasteiger partial charge in [0.1, 0.15) is 0 Å². The number of halogens is 4. The van der Waals surface area contributed by atoms with Crippen LogP contribution in [0.25, 0.3) is 0 Å². The zero-order chi connectivity index (χ0) is 19.7. The molecule has 1 aliphatic heterocycles. The number of nitrogens with zero attached hydrogens (tertiary/aromatic N) is 3. The van der Waals surface area contributed by atoms with Crippen LogP contribution in [0, 0.1) is 5.92 Å². The first kappa shape index (κ1) is 25.4. The van der Waals surface area contributed by atoms with Crippen LogP contribution in [-0.4, -0.2) is 55.1 Å². The third-order valence-corrected chi connectivity index (χ3v) is 5.37. The minimum absolute atomic E-state index is 0. The van der Waals surface area contributed by atoms with E-state index in [1.807, 2.05) is 6.92 Å². The minimum atomic E-state index is -4.37. The van der Waals surface area contributed by atoms with Crippen LogP contribution in [0.1, 0.15) is 43.8 Å². The number of thiazole rings is 1. The molecule has 0 aliphatic carbocycles. The Labute approximate surface area is 186 Å². The minimum Gasteiger partial charge on any atom is -0.357 e. The topological polar surface area (TPSA) is 52.6 Å². The maximum absolute atomic E-state index is 12.6. The van der Waals surface area contributed by atoms with E-state index in [4.69, 9.17) is 0 Å². The molecule has 10 heteroatoms. The predicted octanol–water partition coefficient (Wildman–Crippen LogP) is 4.00. The Hall–Kier alpha value is -0.620. The molecular formula is C18H31F3IN5S. The summed E-state index contributed by atoms with van der Waals surface area (Å²) >= 11 is 1.04. The molecule has 0 saturated carbocycles. The molecule has 0 spiro atoms. The Balaban J connectivity index is 0.00000392. The van der Waals surface area contributed by atoms with E-state index in [9.17, 15) is 13.2 Å². The third kappa shape index (κ3) is 9.25. The Morgan fingerprint density at radius 3 is 2.82 bits per heavy atom. The van der Waals surface area contributed by atoms with Gasteiger partial charge in [-0.1, -0.05) is 6.92 Å². The smallest absolute Gasteiger partial charge is 0.357 e. The van der Waals surface area contributed by atoms with Crippen molar-refractivity contribution < 1.29 is 13.2 Å². The summed E-state index contributed by atoms with van der Waals surface area (Å²) in [4.78, 5) is 10.7. The van der Waals surface area contributed by atoms with Crippen LogP contribution < -0.4 is 10.6 Å². The van der Waals surface area contributed by atoms with Crippen LogP contribution >= 0.6 is 35.3 Å². The quantitative estimate of drug-likeness (QED) is 0.230. The molecule has 162 valence electrons. The number of alkyl halides is 3. The van der Waals surface area contributed by atoms with Crippen molar-refractivity contribution >= 4 is 41.3 Å². The van der Waals surface area contributed by atoms with Crippen molar-refractivity contribution in [2.45, 2.75) is 45.7 Å². The Morgan fingerprint density at radius 2 is 2.18 bits per heavy atom. The first-order chi connectivity index (χ1) is 12.9. The molecule has 1 unspecified atom stereocenters. The predicted molar refractivity (Wildman–Crippen MR) is 120 cm³/mol. The Bertz CT molecular complexity index is 594. The van der Waals surface area contributed by atoms with E-state index >= 15 is 0 Å². The lowest BCUT2D eigenvalue weighted by Gasteiger charge is -2.30. The molecule has 1 saturated heterocycles. The number of likely N-dealkylation sites (tertiary alicyclic amines) is 1. The highest BCUT2D eigenvalue weighted by atomic mass is 127. The molecule has 0 amide bonds. The third-order valence-electron chi connectivity index (χ3n) is 4.46. The molecule has 28 heavy (non-hydrogen) atoms. The van der Waals surface area contributed by atoms with E-state index in [-0.39, 0.29) is 24.0 Å². The van der Waals surface area contributed by atoms with Gasteiger partial charge in [-0.25, -0.2) is 4.98 Å². The number of guanidine groups is 1. The van der Waals surface area contributed by atoms with Gasteiger partial charge in [0.25, 0.3) is 0 Å². The van der Waals surface area contributed by atoms with E-state index < -0.39 is 11.9 Å². The van der Waals surface area contributed by atoms with Crippen LogP contribution in [0.15, 0.2) is 10.4 Å². The highest BCUT2D eigenvalue weighted by molar-refractivity contribution is 14.0. The largest absolute Gasteiger partial charge is 0.434 e. The van der Waals surface area contributed by atoms with E-state index in [0.717, 1.165) is 48.7 Å². The van der Waals surface area contributed by atoms with Gasteiger partial charge < -0.3 is 15.5 Å². The Morgan fingerprint density at radius 1 is 1.39 bits per heavy atom. The molecule has 1 aromatic rings. The van der Waals surface area contributed by atoms with Crippen molar-refractivity contribution in [3.63, 3.8) is 0 Å². The number of hydrogen-bond donors (Lipinski definition) is 2. The van der Waals surface area contributed by atoms with E-state index in [1.165, 1.54) is 25.9 Å². The van der Waals surface area contributed by atoms with E-state index in [0.29, 0.717) is 23.9 Å². The van der Waals surface area contributed by atoms with Crippen LogP contribution in [0.4, 0.5) is 13.2 Å². The van der Waals surface area contributed by atoms with Gasteiger partial charge in [0.05, 0.1) is 5.01 Å². The molecule has 2 rings (SSSR count). The van der Waals surface area contributed by atoms with Crippen LogP contribution in [0.5, 0.6) is 0 Å². The van der Waals surface area contributed by atoms with Crippen molar-refractivity contribution in [1.82, 2.24) is 20.5 Å². The van der Waals surface area contributed by atoms with Gasteiger partial charge in [0.2, 0.25) is 0 Å². The van der Waals surface area contributed by atoms with Gasteiger partial charge in [-0.15, -0.1) is 35.3 Å². The maximum atomic E-state index is 12.6. The summed E-state index contributed by atoms with van der Waals surface area (Å²) in [7, 11) is 0. The SMILES string of the molecule is CCNC(=NCCCN1CCCC(C)C1)NCCc1nc(C(F)(F)F)cs1.I. The second-order valence-corrected chi connectivity index (χ2v) is 7.91. The lowest BCUT2D eigenvalue weighted by Crippen LogP contribution is -2.38. The first-order valence-electron chi connectivity index (χ1n) is 9.64. The van der Waals surface area contributed by atoms with Gasteiger partial charge >= 0.3 is 6.18 Å². The molecule has 1 aliphatic rings. The molecule has 1 aromatic heterocycles. The summed E-state index contributed by atoms with van der Waals surface area (Å²) in [6.07, 6.45) is -0.319. The summed E-state index contributed by atoms with van der Waals surface area (Å²) < 4.78 is 37.7. The average Bonchev–Trinajstić information content (AvgIpc) is 3.08. The number of piperidine rings is 1. The maximum Gasteiger partial charge on any atom is 0.434 e. The van der Waals surface area contributed by atoms with E-state index in [1.54, 1.807) is 0 Å². The number of hydrogen-bond acceptors (Lipinski definition) is 4. The van der Waals surface area contributed by atoms with Crippen LogP contribution in [0.3, 0.4) is 0 Å². The van der Waals surface area contributed by atoms with Crippen LogP contribution in [0.2, 0.25) is 0 Å². The Kier molecular flexibility index (Phi) is 11.7. The van der Waals surface area contributed by atoms with Crippen molar-refractivity contribution in [3.05, 3.63) is 16.1 Å². The van der Waals surface area contributed by atoms with Gasteiger partial charge in [0, 0.05) is 38.0 Å². The lowest BCUT2D eigenvalue weighted by molar-refractivity contribution is -0.140. The number of aromatic nitrogens is 1. The second kappa shape index (κ2) is 12.8. The molecule has 0 bridgehead atoms. The molecule has 2 N–H and O–H groups in total. The standard InChI is InChI=1S/C18H30F3N5S.HI/c1-3-22-17(23-8-5-11-26-10-4-6-14(2)12-26)24-9-7-16-25-15(13-27-16)18(19,20)21;/h13-14H,3-12H2,1-2H3,(H2,22,23,24);1H. The number of rotatable bonds is 8. The van der Waals surface area contributed by atoms with Crippen LogP contribution in [-0.2, 0) is 12.6 Å². The second-order valence-electron chi connectivity index (χ2n) is 6.96. The molecule has 5 nitrogen and oxygen atoms in total. The van der Waals surface area contributed by atoms with Gasteiger partial charge in [-0.3, -0.25) is 4.99 Å². The summed E-state index contributed by atoms with van der Waals surface area (Å²) in [5, 5.41) is 7.89. The molecule has 1 fully saturated rings. The van der Waals surface area contributed by atoms with Gasteiger partial charge in [0.15, 0.2) is 11.7 Å². The monoisotopic (exact) mass is 533 g/mol. The average molecular weight is 533 g/mol. The zero-order valence-electron chi connectivity index (χ0n) is 16.5. The highest BCUT2D eigenvalue weighted by Crippen LogP contribution is 2.30. The fourth-order valence-electron chi connectivity index (χ4n) is 3.16. The summed E-state index contributed by atoms with van der Waals surface area (Å²) in [5.74, 6) is 1.49. The first-order valence-corrected chi connectivity index (χ1v) is 10.5. The van der Waals surface area contributed by atoms with Gasteiger partial charge in [-0.05, 0) is 45.2 Å². The lowest BCUT2D eigenvalue weighted by atomic mass is 10.0. The molecule has 0 radical (unpaired) electrons. The van der Waals surface area contributed by atoms with Gasteiger partial charge in [-0.2, -0.15) is 13.2 Å². The number of aliphatic imine (C=N–C) groups is 1. The van der Waals surface area contributed by atoms with Crippen molar-refractivity contribution in [2.75, 3.05) is 39.3 Å². The molecule has 1 atom stereocenters. The van der Waals surface area contributed by atoms with Crippen molar-refractivity contribution in [2.24, 2.45) is 10.9 Å². The molecular weight excluding hydrogens is 502 g/mol. The summed E-state index contributed by atoms with van der Waals surface area (Å²) in [6.45, 7) is 9.68. The molecule has 2 heterocycles. The van der Waals surface area contributed by atoms with E-state index in [2.05, 4.69) is 32.4 Å². The normalized spacial score (nSPS) is 18.6.